The summed E-state index contributed by atoms with van der Waals surface area (Å²) >= 11 is 0. The zero-order valence-electron chi connectivity index (χ0n) is 11.9. The van der Waals surface area contributed by atoms with Crippen LogP contribution in [-0.2, 0) is 4.74 Å². The van der Waals surface area contributed by atoms with Crippen LogP contribution < -0.4 is 21.9 Å². The number of nitrogens with two attached hydrogens (primary N) is 2. The van der Waals surface area contributed by atoms with E-state index in [1.165, 1.54) is 0 Å². The monoisotopic (exact) mass is 268 g/mol. The summed E-state index contributed by atoms with van der Waals surface area (Å²) in [6.07, 6.45) is 2.05. The van der Waals surface area contributed by atoms with Gasteiger partial charge in [-0.3, -0.25) is 0 Å². The minimum atomic E-state index is 0.207. The molecule has 0 amide bonds. The van der Waals surface area contributed by atoms with Gasteiger partial charge in [-0.2, -0.15) is 9.97 Å². The Morgan fingerprint density at radius 2 is 2.05 bits per heavy atom. The summed E-state index contributed by atoms with van der Waals surface area (Å²) in [7, 11) is 1.69. The van der Waals surface area contributed by atoms with Gasteiger partial charge in [0.25, 0.3) is 0 Å². The van der Waals surface area contributed by atoms with Crippen molar-refractivity contribution < 1.29 is 4.74 Å². The van der Waals surface area contributed by atoms with Gasteiger partial charge in [-0.25, -0.2) is 5.84 Å². The van der Waals surface area contributed by atoms with Crippen molar-refractivity contribution in [3.05, 3.63) is 6.07 Å². The highest BCUT2D eigenvalue weighted by molar-refractivity contribution is 5.52. The van der Waals surface area contributed by atoms with Gasteiger partial charge in [-0.1, -0.05) is 13.8 Å². The molecule has 0 atom stereocenters. The van der Waals surface area contributed by atoms with E-state index >= 15 is 0 Å². The molecule has 19 heavy (non-hydrogen) atoms. The third-order valence-corrected chi connectivity index (χ3v) is 3.09. The summed E-state index contributed by atoms with van der Waals surface area (Å²) < 4.78 is 5.16. The van der Waals surface area contributed by atoms with Crippen LogP contribution in [0.4, 0.5) is 17.6 Å². The quantitative estimate of drug-likeness (QED) is 0.477. The van der Waals surface area contributed by atoms with Crippen LogP contribution in [0.2, 0.25) is 0 Å². The van der Waals surface area contributed by atoms with Crippen molar-refractivity contribution in [1.29, 1.82) is 0 Å². The van der Waals surface area contributed by atoms with Crippen LogP contribution in [0, 0.1) is 0 Å². The van der Waals surface area contributed by atoms with E-state index in [0.717, 1.165) is 25.2 Å². The lowest BCUT2D eigenvalue weighted by atomic mass is 10.1. The largest absolute Gasteiger partial charge is 0.383 e. The van der Waals surface area contributed by atoms with Gasteiger partial charge in [0.1, 0.15) is 11.6 Å². The molecule has 1 aromatic rings. The molecular formula is C12H24N6O. The Hall–Kier alpha value is -1.60. The number of nitrogen functional groups attached to an aromatic ring is 2. The molecule has 5 N–H and O–H groups in total. The molecule has 0 unspecified atom stereocenters. The highest BCUT2D eigenvalue weighted by atomic mass is 16.5. The molecule has 0 saturated heterocycles. The molecule has 1 heterocycles. The SMILES string of the molecule is CCC(CC)N(CCOC)c1cc(NN)nc(N)n1. The van der Waals surface area contributed by atoms with Gasteiger partial charge in [0.15, 0.2) is 0 Å². The predicted molar refractivity (Wildman–Crippen MR) is 77.8 cm³/mol. The van der Waals surface area contributed by atoms with Crippen molar-refractivity contribution >= 4 is 17.6 Å². The number of hydrazine groups is 1. The third-order valence-electron chi connectivity index (χ3n) is 3.09. The fourth-order valence-corrected chi connectivity index (χ4v) is 2.08. The van der Waals surface area contributed by atoms with Crippen LogP contribution in [0.25, 0.3) is 0 Å². The van der Waals surface area contributed by atoms with Crippen molar-refractivity contribution in [1.82, 2.24) is 9.97 Å². The molecule has 1 rings (SSSR count). The summed E-state index contributed by atoms with van der Waals surface area (Å²) in [6, 6.07) is 2.18. The average molecular weight is 268 g/mol. The van der Waals surface area contributed by atoms with E-state index in [0.29, 0.717) is 18.5 Å². The van der Waals surface area contributed by atoms with E-state index in [-0.39, 0.29) is 5.95 Å². The first-order valence-corrected chi connectivity index (χ1v) is 6.52. The minimum Gasteiger partial charge on any atom is -0.383 e. The lowest BCUT2D eigenvalue weighted by Gasteiger charge is -2.31. The molecule has 0 aromatic carbocycles. The molecule has 0 fully saturated rings. The van der Waals surface area contributed by atoms with Crippen molar-refractivity contribution in [3.8, 4) is 0 Å². The molecule has 1 aromatic heterocycles. The number of nitrogens with one attached hydrogen (secondary N) is 1. The van der Waals surface area contributed by atoms with E-state index in [1.807, 2.05) is 0 Å². The molecule has 0 bridgehead atoms. The highest BCUT2D eigenvalue weighted by Gasteiger charge is 2.18. The first-order chi connectivity index (χ1) is 9.15. The van der Waals surface area contributed by atoms with Crippen LogP contribution >= 0.6 is 0 Å². The third kappa shape index (κ3) is 4.22. The maximum atomic E-state index is 5.71. The maximum Gasteiger partial charge on any atom is 0.223 e. The molecular weight excluding hydrogens is 244 g/mol. The van der Waals surface area contributed by atoms with Gasteiger partial charge >= 0.3 is 0 Å². The van der Waals surface area contributed by atoms with Crippen molar-refractivity contribution in [2.75, 3.05) is 36.3 Å². The zero-order valence-corrected chi connectivity index (χ0v) is 11.9. The number of hydrogen-bond donors (Lipinski definition) is 3. The number of anilines is 3. The summed E-state index contributed by atoms with van der Waals surface area (Å²) in [5, 5.41) is 0. The minimum absolute atomic E-state index is 0.207. The first kappa shape index (κ1) is 15.5. The molecule has 0 aliphatic carbocycles. The Morgan fingerprint density at radius 3 is 2.58 bits per heavy atom. The van der Waals surface area contributed by atoms with E-state index in [2.05, 4.69) is 34.1 Å². The summed E-state index contributed by atoms with van der Waals surface area (Å²) in [5.74, 6) is 6.88. The Bertz CT molecular complexity index is 382. The zero-order chi connectivity index (χ0) is 14.3. The fourth-order valence-electron chi connectivity index (χ4n) is 2.08. The van der Waals surface area contributed by atoms with E-state index in [4.69, 9.17) is 16.3 Å². The normalized spacial score (nSPS) is 10.8. The maximum absolute atomic E-state index is 5.71. The molecule has 7 nitrogen and oxygen atoms in total. The Kier molecular flexibility index (Phi) is 6.31. The van der Waals surface area contributed by atoms with Crippen LogP contribution in [0.5, 0.6) is 0 Å². The lowest BCUT2D eigenvalue weighted by molar-refractivity contribution is 0.202. The van der Waals surface area contributed by atoms with Gasteiger partial charge in [0.2, 0.25) is 5.95 Å². The lowest BCUT2D eigenvalue weighted by Crippen LogP contribution is -2.38. The van der Waals surface area contributed by atoms with Gasteiger partial charge in [0, 0.05) is 25.8 Å². The molecule has 108 valence electrons. The first-order valence-electron chi connectivity index (χ1n) is 6.52. The smallest absolute Gasteiger partial charge is 0.223 e. The highest BCUT2D eigenvalue weighted by Crippen LogP contribution is 2.21. The number of ether oxygens (including phenoxy) is 1. The fraction of sp³-hybridized carbons (Fsp3) is 0.667. The van der Waals surface area contributed by atoms with E-state index < -0.39 is 0 Å². The van der Waals surface area contributed by atoms with E-state index in [9.17, 15) is 0 Å². The summed E-state index contributed by atoms with van der Waals surface area (Å²) in [5.41, 5.74) is 8.21. The molecule has 0 aliphatic heterocycles. The average Bonchev–Trinajstić information content (AvgIpc) is 2.42. The second-order valence-electron chi connectivity index (χ2n) is 4.27. The molecule has 0 radical (unpaired) electrons. The standard InChI is InChI=1S/C12H24N6O/c1-4-9(5-2)18(6-7-19-3)11-8-10(17-14)15-12(13)16-11/h8-9H,4-7,14H2,1-3H3,(H3,13,15,16,17). The summed E-state index contributed by atoms with van der Waals surface area (Å²) in [6.45, 7) is 5.69. The van der Waals surface area contributed by atoms with Crippen LogP contribution in [0.3, 0.4) is 0 Å². The topological polar surface area (TPSA) is 102 Å². The number of nitrogens with zero attached hydrogens (tertiary/aromatic N) is 3. The summed E-state index contributed by atoms with van der Waals surface area (Å²) in [4.78, 5) is 10.5. The Labute approximate surface area is 114 Å². The van der Waals surface area contributed by atoms with Gasteiger partial charge in [0.05, 0.1) is 6.61 Å². The van der Waals surface area contributed by atoms with E-state index in [1.54, 1.807) is 13.2 Å². The predicted octanol–water partition coefficient (Wildman–Crippen LogP) is 0.986. The number of hydrogen-bond acceptors (Lipinski definition) is 7. The second-order valence-corrected chi connectivity index (χ2v) is 4.27. The van der Waals surface area contributed by atoms with Gasteiger partial charge in [-0.15, -0.1) is 0 Å². The Balaban J connectivity index is 3.04. The molecule has 0 saturated carbocycles. The van der Waals surface area contributed by atoms with Crippen molar-refractivity contribution in [2.45, 2.75) is 32.7 Å². The number of aromatic nitrogens is 2. The number of rotatable bonds is 8. The van der Waals surface area contributed by atoms with Gasteiger partial charge in [-0.05, 0) is 12.8 Å². The molecule has 0 aliphatic rings. The molecule has 0 spiro atoms. The second kappa shape index (κ2) is 7.75. The van der Waals surface area contributed by atoms with Crippen LogP contribution in [0.1, 0.15) is 26.7 Å². The van der Waals surface area contributed by atoms with Crippen LogP contribution in [0.15, 0.2) is 6.07 Å². The van der Waals surface area contributed by atoms with Crippen LogP contribution in [-0.4, -0.2) is 36.3 Å². The Morgan fingerprint density at radius 1 is 1.37 bits per heavy atom. The van der Waals surface area contributed by atoms with Gasteiger partial charge < -0.3 is 20.8 Å². The van der Waals surface area contributed by atoms with Crippen molar-refractivity contribution in [2.24, 2.45) is 5.84 Å². The molecule has 7 heteroatoms. The van der Waals surface area contributed by atoms with Crippen molar-refractivity contribution in [3.63, 3.8) is 0 Å². The number of methoxy groups -OCH3 is 1.